The highest BCUT2D eigenvalue weighted by Crippen LogP contribution is 2.49. The third-order valence-corrected chi connectivity index (χ3v) is 3.95. The maximum absolute atomic E-state index is 5.91. The molecule has 2 aromatic rings. The van der Waals surface area contributed by atoms with Gasteiger partial charge in [0.1, 0.15) is 5.82 Å². The lowest BCUT2D eigenvalue weighted by Crippen LogP contribution is -2.17. The zero-order valence-corrected chi connectivity index (χ0v) is 10.5. The zero-order valence-electron chi connectivity index (χ0n) is 10.5. The number of ether oxygens (including phenoxy) is 2. The van der Waals surface area contributed by atoms with E-state index in [1.54, 1.807) is 6.20 Å². The van der Waals surface area contributed by atoms with Crippen LogP contribution >= 0.6 is 0 Å². The van der Waals surface area contributed by atoms with Crippen LogP contribution in [0.25, 0.3) is 11.1 Å². The van der Waals surface area contributed by atoms with Gasteiger partial charge in [0.05, 0.1) is 19.4 Å². The van der Waals surface area contributed by atoms with Gasteiger partial charge < -0.3 is 15.2 Å². The number of nitrogens with one attached hydrogen (secondary N) is 1. The van der Waals surface area contributed by atoms with E-state index >= 15 is 0 Å². The van der Waals surface area contributed by atoms with Gasteiger partial charge in [-0.2, -0.15) is 5.10 Å². The summed E-state index contributed by atoms with van der Waals surface area (Å²) < 4.78 is 11.8. The van der Waals surface area contributed by atoms with Gasteiger partial charge in [-0.05, 0) is 30.5 Å². The molecule has 2 heterocycles. The Kier molecular flexibility index (Phi) is 2.07. The number of rotatable bonds is 1. The lowest BCUT2D eigenvalue weighted by molar-refractivity contribution is 0.197. The summed E-state index contributed by atoms with van der Waals surface area (Å²) in [5, 5.41) is 6.68. The van der Waals surface area contributed by atoms with Crippen LogP contribution in [-0.2, 0) is 0 Å². The fourth-order valence-electron chi connectivity index (χ4n) is 2.40. The standard InChI is InChI=1S/C14H15N3O2/c15-13-10(6-16-17-13)9-1-2-11-12(5-9)19-8-14(3-4-14)7-18-11/h1-2,5-6H,3-4,7-8H2,(H3,15,16,17). The zero-order chi connectivity index (χ0) is 12.9. The van der Waals surface area contributed by atoms with Crippen molar-refractivity contribution in [3.8, 4) is 22.6 Å². The summed E-state index contributed by atoms with van der Waals surface area (Å²) in [6.07, 6.45) is 4.11. The van der Waals surface area contributed by atoms with Gasteiger partial charge in [0.2, 0.25) is 0 Å². The van der Waals surface area contributed by atoms with E-state index in [1.165, 1.54) is 12.8 Å². The van der Waals surface area contributed by atoms with Crippen LogP contribution in [-0.4, -0.2) is 23.4 Å². The summed E-state index contributed by atoms with van der Waals surface area (Å²) in [5.74, 6) is 2.17. The fraction of sp³-hybridized carbons (Fsp3) is 0.357. The molecule has 5 nitrogen and oxygen atoms in total. The van der Waals surface area contributed by atoms with Gasteiger partial charge in [0, 0.05) is 11.0 Å². The quantitative estimate of drug-likeness (QED) is 0.821. The van der Waals surface area contributed by atoms with E-state index in [0.29, 0.717) is 5.82 Å². The molecule has 5 heteroatoms. The van der Waals surface area contributed by atoms with E-state index in [4.69, 9.17) is 15.2 Å². The summed E-state index contributed by atoms with van der Waals surface area (Å²) in [7, 11) is 0. The molecular weight excluding hydrogens is 242 g/mol. The summed E-state index contributed by atoms with van der Waals surface area (Å²) in [4.78, 5) is 0. The van der Waals surface area contributed by atoms with Gasteiger partial charge >= 0.3 is 0 Å². The monoisotopic (exact) mass is 257 g/mol. The average molecular weight is 257 g/mol. The van der Waals surface area contributed by atoms with Crippen molar-refractivity contribution in [2.45, 2.75) is 12.8 Å². The molecule has 19 heavy (non-hydrogen) atoms. The molecule has 3 N–H and O–H groups in total. The van der Waals surface area contributed by atoms with Crippen LogP contribution in [0.1, 0.15) is 12.8 Å². The second-order valence-corrected chi connectivity index (χ2v) is 5.44. The molecule has 1 spiro atoms. The van der Waals surface area contributed by atoms with Gasteiger partial charge in [-0.15, -0.1) is 0 Å². The van der Waals surface area contributed by atoms with Crippen molar-refractivity contribution in [2.75, 3.05) is 18.9 Å². The lowest BCUT2D eigenvalue weighted by Gasteiger charge is -2.09. The number of benzene rings is 1. The van der Waals surface area contributed by atoms with Crippen molar-refractivity contribution in [1.82, 2.24) is 10.2 Å². The molecule has 1 aliphatic heterocycles. The Morgan fingerprint density at radius 3 is 2.63 bits per heavy atom. The van der Waals surface area contributed by atoms with Crippen LogP contribution in [0.3, 0.4) is 0 Å². The maximum Gasteiger partial charge on any atom is 0.161 e. The molecule has 0 saturated heterocycles. The number of hydrogen-bond donors (Lipinski definition) is 2. The summed E-state index contributed by atoms with van der Waals surface area (Å²) in [6.45, 7) is 1.50. The second kappa shape index (κ2) is 3.66. The minimum Gasteiger partial charge on any atom is -0.489 e. The number of nitrogen functional groups attached to an aromatic ring is 1. The van der Waals surface area contributed by atoms with E-state index in [2.05, 4.69) is 10.2 Å². The van der Waals surface area contributed by atoms with Gasteiger partial charge in [-0.25, -0.2) is 0 Å². The van der Waals surface area contributed by atoms with Crippen LogP contribution in [0.15, 0.2) is 24.4 Å². The Morgan fingerprint density at radius 2 is 1.95 bits per heavy atom. The number of H-pyrrole nitrogens is 1. The SMILES string of the molecule is Nc1[nH]ncc1-c1ccc2c(c1)OCC1(CC1)CO2. The number of nitrogens with zero attached hydrogens (tertiary/aromatic N) is 1. The van der Waals surface area contributed by atoms with Crippen molar-refractivity contribution in [1.29, 1.82) is 0 Å². The number of anilines is 1. The van der Waals surface area contributed by atoms with Gasteiger partial charge in [-0.3, -0.25) is 5.10 Å². The fourth-order valence-corrected chi connectivity index (χ4v) is 2.40. The first-order valence-corrected chi connectivity index (χ1v) is 6.45. The molecular formula is C14H15N3O2. The van der Waals surface area contributed by atoms with E-state index < -0.39 is 0 Å². The van der Waals surface area contributed by atoms with Crippen LogP contribution in [0, 0.1) is 5.41 Å². The minimum absolute atomic E-state index is 0.258. The number of nitrogens with two attached hydrogens (primary N) is 1. The molecule has 1 aliphatic carbocycles. The molecule has 1 aromatic heterocycles. The highest BCUT2D eigenvalue weighted by Gasteiger charge is 2.46. The van der Waals surface area contributed by atoms with Crippen molar-refractivity contribution in [2.24, 2.45) is 5.41 Å². The topological polar surface area (TPSA) is 73.2 Å². The number of hydrogen-bond acceptors (Lipinski definition) is 4. The van der Waals surface area contributed by atoms with Crippen LogP contribution in [0.2, 0.25) is 0 Å². The predicted molar refractivity (Wildman–Crippen MR) is 71.1 cm³/mol. The van der Waals surface area contributed by atoms with Gasteiger partial charge in [0.25, 0.3) is 0 Å². The van der Waals surface area contributed by atoms with Crippen molar-refractivity contribution >= 4 is 5.82 Å². The Morgan fingerprint density at radius 1 is 1.16 bits per heavy atom. The molecule has 0 radical (unpaired) electrons. The molecule has 4 rings (SSSR count). The summed E-state index contributed by atoms with van der Waals surface area (Å²) >= 11 is 0. The first-order chi connectivity index (χ1) is 9.26. The molecule has 0 unspecified atom stereocenters. The molecule has 0 atom stereocenters. The Bertz CT molecular complexity index is 631. The molecule has 1 saturated carbocycles. The van der Waals surface area contributed by atoms with E-state index in [-0.39, 0.29) is 5.41 Å². The van der Waals surface area contributed by atoms with Crippen molar-refractivity contribution in [3.63, 3.8) is 0 Å². The number of aromatic amines is 1. The van der Waals surface area contributed by atoms with Crippen molar-refractivity contribution < 1.29 is 9.47 Å². The van der Waals surface area contributed by atoms with E-state index in [1.807, 2.05) is 18.2 Å². The minimum atomic E-state index is 0.258. The van der Waals surface area contributed by atoms with E-state index in [9.17, 15) is 0 Å². The molecule has 1 aromatic carbocycles. The number of aromatic nitrogens is 2. The first kappa shape index (κ1) is 10.7. The lowest BCUT2D eigenvalue weighted by atomic mass is 10.1. The molecule has 2 aliphatic rings. The second-order valence-electron chi connectivity index (χ2n) is 5.44. The largest absolute Gasteiger partial charge is 0.489 e. The Balaban J connectivity index is 1.71. The number of fused-ring (bicyclic) bond motifs is 1. The molecule has 98 valence electrons. The van der Waals surface area contributed by atoms with Crippen LogP contribution in [0.5, 0.6) is 11.5 Å². The van der Waals surface area contributed by atoms with Gasteiger partial charge in [-0.1, -0.05) is 6.07 Å². The first-order valence-electron chi connectivity index (χ1n) is 6.45. The highest BCUT2D eigenvalue weighted by molar-refractivity contribution is 5.75. The van der Waals surface area contributed by atoms with Crippen molar-refractivity contribution in [3.05, 3.63) is 24.4 Å². The molecule has 0 amide bonds. The maximum atomic E-state index is 5.91. The smallest absolute Gasteiger partial charge is 0.161 e. The van der Waals surface area contributed by atoms with E-state index in [0.717, 1.165) is 35.8 Å². The Hall–Kier alpha value is -2.17. The average Bonchev–Trinajstić information content (AvgIpc) is 3.12. The normalized spacial score (nSPS) is 19.2. The van der Waals surface area contributed by atoms with Crippen LogP contribution < -0.4 is 15.2 Å². The third kappa shape index (κ3) is 1.73. The third-order valence-electron chi connectivity index (χ3n) is 3.95. The predicted octanol–water partition coefficient (Wildman–Crippen LogP) is 2.21. The molecule has 0 bridgehead atoms. The summed E-state index contributed by atoms with van der Waals surface area (Å²) in [5.41, 5.74) is 7.97. The summed E-state index contributed by atoms with van der Waals surface area (Å²) in [6, 6.07) is 5.89. The van der Waals surface area contributed by atoms with Gasteiger partial charge in [0.15, 0.2) is 11.5 Å². The Labute approximate surface area is 110 Å². The highest BCUT2D eigenvalue weighted by atomic mass is 16.5. The molecule has 1 fully saturated rings. The van der Waals surface area contributed by atoms with Crippen LogP contribution in [0.4, 0.5) is 5.82 Å².